The summed E-state index contributed by atoms with van der Waals surface area (Å²) in [5.41, 5.74) is 0.795. The molecule has 0 saturated carbocycles. The highest BCUT2D eigenvalue weighted by molar-refractivity contribution is 5.49. The Labute approximate surface area is 106 Å². The molecule has 0 radical (unpaired) electrons. The molecule has 2 aromatic rings. The molecular weight excluding hydrogens is 230 g/mol. The fourth-order valence-electron chi connectivity index (χ4n) is 1.52. The Morgan fingerprint density at radius 1 is 1.28 bits per heavy atom. The summed E-state index contributed by atoms with van der Waals surface area (Å²) in [5, 5.41) is 18.8. The highest BCUT2D eigenvalue weighted by Gasteiger charge is 2.08. The zero-order chi connectivity index (χ0) is 12.8. The Balaban J connectivity index is 1.87. The summed E-state index contributed by atoms with van der Waals surface area (Å²) in [5.74, 6) is 1.16. The lowest BCUT2D eigenvalue weighted by Gasteiger charge is -2.05. The Morgan fingerprint density at radius 3 is 2.89 bits per heavy atom. The van der Waals surface area contributed by atoms with Crippen LogP contribution in [0.25, 0.3) is 11.5 Å². The molecule has 0 aliphatic rings. The van der Waals surface area contributed by atoms with Gasteiger partial charge in [-0.15, -0.1) is 10.2 Å². The third kappa shape index (κ3) is 3.59. The van der Waals surface area contributed by atoms with Crippen molar-refractivity contribution in [1.29, 1.82) is 0 Å². The second kappa shape index (κ2) is 6.20. The maximum atomic E-state index is 5.56. The Hall–Kier alpha value is -1.82. The Bertz CT molecular complexity index is 468. The van der Waals surface area contributed by atoms with Gasteiger partial charge in [-0.25, -0.2) is 0 Å². The van der Waals surface area contributed by atoms with E-state index in [-0.39, 0.29) is 0 Å². The van der Waals surface area contributed by atoms with Gasteiger partial charge >= 0.3 is 0 Å². The molecule has 0 aliphatic heterocycles. The number of hydrogen-bond donors (Lipinski definition) is 1. The average molecular weight is 247 g/mol. The fraction of sp³-hybridized carbons (Fsp3) is 0.500. The monoisotopic (exact) mass is 247 g/mol. The zero-order valence-corrected chi connectivity index (χ0v) is 10.6. The molecule has 0 spiro atoms. The molecule has 0 amide bonds. The second-order valence-corrected chi connectivity index (χ2v) is 4.34. The van der Waals surface area contributed by atoms with E-state index < -0.39 is 0 Å². The lowest BCUT2D eigenvalue weighted by atomic mass is 10.3. The third-order valence-electron chi connectivity index (χ3n) is 2.42. The summed E-state index contributed by atoms with van der Waals surface area (Å²) >= 11 is 0. The molecule has 0 fully saturated rings. The van der Waals surface area contributed by atoms with Gasteiger partial charge < -0.3 is 9.73 Å². The molecule has 2 aromatic heterocycles. The van der Waals surface area contributed by atoms with Gasteiger partial charge in [-0.05, 0) is 19.0 Å². The van der Waals surface area contributed by atoms with E-state index in [0.717, 1.165) is 24.9 Å². The van der Waals surface area contributed by atoms with Crippen LogP contribution in [0.15, 0.2) is 22.9 Å². The molecule has 0 unspecified atom stereocenters. The van der Waals surface area contributed by atoms with E-state index in [1.54, 1.807) is 18.5 Å². The highest BCUT2D eigenvalue weighted by atomic mass is 16.4. The molecule has 96 valence electrons. The minimum Gasteiger partial charge on any atom is -0.421 e. The number of nitrogens with one attached hydrogen (secondary N) is 1. The lowest BCUT2D eigenvalue weighted by Crippen LogP contribution is -2.23. The first-order valence-corrected chi connectivity index (χ1v) is 6.08. The number of aromatic nitrogens is 4. The maximum Gasteiger partial charge on any atom is 0.249 e. The van der Waals surface area contributed by atoms with Crippen LogP contribution >= 0.6 is 0 Å². The molecule has 6 heteroatoms. The Morgan fingerprint density at radius 2 is 2.17 bits per heavy atom. The van der Waals surface area contributed by atoms with Crippen LogP contribution in [0.3, 0.4) is 0 Å². The minimum absolute atomic E-state index is 0.497. The van der Waals surface area contributed by atoms with Crippen molar-refractivity contribution < 1.29 is 4.42 Å². The van der Waals surface area contributed by atoms with Crippen LogP contribution in [0.2, 0.25) is 0 Å². The van der Waals surface area contributed by atoms with Gasteiger partial charge in [-0.2, -0.15) is 10.2 Å². The van der Waals surface area contributed by atoms with Crippen molar-refractivity contribution in [3.05, 3.63) is 24.4 Å². The van der Waals surface area contributed by atoms with Gasteiger partial charge in [0.2, 0.25) is 11.8 Å². The maximum absolute atomic E-state index is 5.56. The van der Waals surface area contributed by atoms with Crippen LogP contribution in [-0.2, 0) is 6.42 Å². The molecule has 0 atom stereocenters. The van der Waals surface area contributed by atoms with E-state index in [1.165, 1.54) is 0 Å². The number of rotatable bonds is 6. The van der Waals surface area contributed by atoms with Crippen molar-refractivity contribution in [2.24, 2.45) is 0 Å². The smallest absolute Gasteiger partial charge is 0.249 e. The summed E-state index contributed by atoms with van der Waals surface area (Å²) in [4.78, 5) is 0. The summed E-state index contributed by atoms with van der Waals surface area (Å²) in [6.07, 6.45) is 4.98. The first-order valence-electron chi connectivity index (χ1n) is 6.08. The van der Waals surface area contributed by atoms with Crippen molar-refractivity contribution in [2.75, 3.05) is 6.54 Å². The van der Waals surface area contributed by atoms with Crippen molar-refractivity contribution in [2.45, 2.75) is 32.7 Å². The lowest BCUT2D eigenvalue weighted by molar-refractivity contribution is 0.484. The molecule has 6 nitrogen and oxygen atoms in total. The molecular formula is C12H17N5O. The van der Waals surface area contributed by atoms with E-state index in [2.05, 4.69) is 39.6 Å². The number of aryl methyl sites for hydroxylation is 1. The molecule has 0 aromatic carbocycles. The molecule has 0 aliphatic carbocycles. The number of hydrogen-bond acceptors (Lipinski definition) is 6. The first kappa shape index (κ1) is 12.6. The van der Waals surface area contributed by atoms with E-state index in [1.807, 2.05) is 0 Å². The van der Waals surface area contributed by atoms with Gasteiger partial charge in [-0.3, -0.25) is 0 Å². The van der Waals surface area contributed by atoms with Gasteiger partial charge in [0.15, 0.2) is 0 Å². The molecule has 2 heterocycles. The average Bonchev–Trinajstić information content (AvgIpc) is 2.84. The van der Waals surface area contributed by atoms with Crippen LogP contribution in [0.1, 0.15) is 26.2 Å². The van der Waals surface area contributed by atoms with E-state index in [9.17, 15) is 0 Å². The second-order valence-electron chi connectivity index (χ2n) is 4.34. The first-order chi connectivity index (χ1) is 8.75. The van der Waals surface area contributed by atoms with Crippen molar-refractivity contribution in [1.82, 2.24) is 25.7 Å². The predicted molar refractivity (Wildman–Crippen MR) is 66.8 cm³/mol. The van der Waals surface area contributed by atoms with Crippen molar-refractivity contribution in [3.63, 3.8) is 0 Å². The van der Waals surface area contributed by atoms with Gasteiger partial charge in [0.1, 0.15) is 0 Å². The number of nitrogens with zero attached hydrogens (tertiary/aromatic N) is 4. The largest absolute Gasteiger partial charge is 0.421 e. The van der Waals surface area contributed by atoms with Crippen LogP contribution < -0.4 is 5.32 Å². The van der Waals surface area contributed by atoms with Gasteiger partial charge in [0.25, 0.3) is 0 Å². The summed E-state index contributed by atoms with van der Waals surface area (Å²) in [7, 11) is 0. The molecule has 1 N–H and O–H groups in total. The van der Waals surface area contributed by atoms with Crippen LogP contribution in [-0.4, -0.2) is 33.0 Å². The quantitative estimate of drug-likeness (QED) is 0.779. The standard InChI is InChI=1S/C12H17N5O/c1-9(2)13-6-3-4-11-16-17-12(18-11)10-5-7-14-15-8-10/h5,7-9,13H,3-4,6H2,1-2H3. The van der Waals surface area contributed by atoms with E-state index in [4.69, 9.17) is 4.42 Å². The van der Waals surface area contributed by atoms with Crippen LogP contribution in [0.4, 0.5) is 0 Å². The minimum atomic E-state index is 0.497. The van der Waals surface area contributed by atoms with E-state index >= 15 is 0 Å². The van der Waals surface area contributed by atoms with Crippen molar-refractivity contribution >= 4 is 0 Å². The van der Waals surface area contributed by atoms with Crippen LogP contribution in [0, 0.1) is 0 Å². The van der Waals surface area contributed by atoms with Crippen LogP contribution in [0.5, 0.6) is 0 Å². The molecule has 0 saturated heterocycles. The SMILES string of the molecule is CC(C)NCCCc1nnc(-c2ccnnc2)o1. The summed E-state index contributed by atoms with van der Waals surface area (Å²) < 4.78 is 5.56. The normalized spacial score (nSPS) is 11.1. The van der Waals surface area contributed by atoms with E-state index in [0.29, 0.717) is 17.8 Å². The highest BCUT2D eigenvalue weighted by Crippen LogP contribution is 2.15. The Kier molecular flexibility index (Phi) is 4.35. The fourth-order valence-corrected chi connectivity index (χ4v) is 1.52. The molecule has 18 heavy (non-hydrogen) atoms. The summed E-state index contributed by atoms with van der Waals surface area (Å²) in [6, 6.07) is 2.30. The topological polar surface area (TPSA) is 76.7 Å². The van der Waals surface area contributed by atoms with Gasteiger partial charge in [0.05, 0.1) is 18.0 Å². The third-order valence-corrected chi connectivity index (χ3v) is 2.42. The van der Waals surface area contributed by atoms with Gasteiger partial charge in [0, 0.05) is 12.5 Å². The molecule has 2 rings (SSSR count). The predicted octanol–water partition coefficient (Wildman–Crippen LogP) is 1.46. The zero-order valence-electron chi connectivity index (χ0n) is 10.6. The van der Waals surface area contributed by atoms with Gasteiger partial charge in [-0.1, -0.05) is 13.8 Å². The molecule has 0 bridgehead atoms. The van der Waals surface area contributed by atoms with Crippen molar-refractivity contribution in [3.8, 4) is 11.5 Å². The summed E-state index contributed by atoms with van der Waals surface area (Å²) in [6.45, 7) is 5.20.